The molecule has 5 heteroatoms. The number of imidazole rings is 1. The van der Waals surface area contributed by atoms with Crippen LogP contribution >= 0.6 is 43.5 Å². The Hall–Kier alpha value is -0.320. The van der Waals surface area contributed by atoms with Crippen LogP contribution in [0.4, 0.5) is 0 Å². The zero-order valence-corrected chi connectivity index (χ0v) is 12.2. The normalized spacial score (nSPS) is 12.7. The predicted octanol–water partition coefficient (Wildman–Crippen LogP) is 4.50. The van der Waals surface area contributed by atoms with Crippen LogP contribution in [-0.2, 0) is 6.42 Å². The molecule has 1 N–H and O–H groups in total. The Balaban J connectivity index is 2.17. The van der Waals surface area contributed by atoms with Crippen LogP contribution in [0.15, 0.2) is 35.1 Å². The Morgan fingerprint density at radius 2 is 2.19 bits per heavy atom. The summed E-state index contributed by atoms with van der Waals surface area (Å²) in [5.74, 6) is 0.956. The molecule has 2 nitrogen and oxygen atoms in total. The predicted molar refractivity (Wildman–Crippen MR) is 73.1 cm³/mol. The highest BCUT2D eigenvalue weighted by molar-refractivity contribution is 9.10. The smallest absolute Gasteiger partial charge is 0.107 e. The third kappa shape index (κ3) is 3.09. The van der Waals surface area contributed by atoms with E-state index in [0.717, 1.165) is 27.3 Å². The van der Waals surface area contributed by atoms with Crippen molar-refractivity contribution in [2.24, 2.45) is 0 Å². The third-order valence-corrected chi connectivity index (χ3v) is 3.70. The first kappa shape index (κ1) is 12.1. The number of hydrogen-bond donors (Lipinski definition) is 1. The van der Waals surface area contributed by atoms with Crippen molar-refractivity contribution in [2.75, 3.05) is 0 Å². The standard InChI is InChI=1S/C11H9Br2ClN2/c12-8-3-7(4-9(14)5-8)10(13)6-11-15-1-2-16-11/h1-5,10H,6H2,(H,15,16). The molecule has 0 aliphatic heterocycles. The van der Waals surface area contributed by atoms with E-state index < -0.39 is 0 Å². The highest BCUT2D eigenvalue weighted by Crippen LogP contribution is 2.30. The number of rotatable bonds is 3. The van der Waals surface area contributed by atoms with Crippen LogP contribution in [-0.4, -0.2) is 9.97 Å². The van der Waals surface area contributed by atoms with Crippen molar-refractivity contribution in [1.82, 2.24) is 9.97 Å². The quantitative estimate of drug-likeness (QED) is 0.798. The summed E-state index contributed by atoms with van der Waals surface area (Å²) in [7, 11) is 0. The maximum atomic E-state index is 6.00. The third-order valence-electron chi connectivity index (χ3n) is 2.17. The van der Waals surface area contributed by atoms with Crippen LogP contribution < -0.4 is 0 Å². The van der Waals surface area contributed by atoms with Crippen molar-refractivity contribution in [3.63, 3.8) is 0 Å². The van der Waals surface area contributed by atoms with Crippen LogP contribution in [0.1, 0.15) is 16.2 Å². The molecule has 0 saturated carbocycles. The van der Waals surface area contributed by atoms with Crippen molar-refractivity contribution in [3.05, 3.63) is 51.5 Å². The SMILES string of the molecule is Clc1cc(Br)cc(C(Br)Cc2ncc[nH]2)c1. The molecule has 0 amide bonds. The lowest BCUT2D eigenvalue weighted by molar-refractivity contribution is 0.876. The number of hydrogen-bond acceptors (Lipinski definition) is 1. The van der Waals surface area contributed by atoms with Crippen molar-refractivity contribution >= 4 is 43.5 Å². The summed E-state index contributed by atoms with van der Waals surface area (Å²) in [6.45, 7) is 0. The average Bonchev–Trinajstić information content (AvgIpc) is 2.68. The highest BCUT2D eigenvalue weighted by atomic mass is 79.9. The minimum atomic E-state index is 0.202. The second-order valence-electron chi connectivity index (χ2n) is 3.41. The molecule has 2 aromatic rings. The van der Waals surface area contributed by atoms with Crippen molar-refractivity contribution in [1.29, 1.82) is 0 Å². The molecule has 0 aliphatic rings. The van der Waals surface area contributed by atoms with Crippen molar-refractivity contribution < 1.29 is 0 Å². The number of alkyl halides is 1. The van der Waals surface area contributed by atoms with Crippen LogP contribution in [0.5, 0.6) is 0 Å². The van der Waals surface area contributed by atoms with Gasteiger partial charge in [-0.25, -0.2) is 4.98 Å². The first-order valence-corrected chi connectivity index (χ1v) is 6.82. The first-order valence-electron chi connectivity index (χ1n) is 4.73. The lowest BCUT2D eigenvalue weighted by Gasteiger charge is -2.09. The average molecular weight is 364 g/mol. The molecule has 0 bridgehead atoms. The fraction of sp³-hybridized carbons (Fsp3) is 0.182. The van der Waals surface area contributed by atoms with Crippen LogP contribution in [0, 0.1) is 0 Å². The van der Waals surface area contributed by atoms with Crippen LogP contribution in [0.2, 0.25) is 5.02 Å². The number of nitrogens with one attached hydrogen (secondary N) is 1. The number of halogens is 3. The molecule has 1 aromatic carbocycles. The van der Waals surface area contributed by atoms with Crippen LogP contribution in [0.3, 0.4) is 0 Å². The maximum absolute atomic E-state index is 6.00. The monoisotopic (exact) mass is 362 g/mol. The van der Waals surface area contributed by atoms with Gasteiger partial charge in [-0.3, -0.25) is 0 Å². The molecule has 0 aliphatic carbocycles. The summed E-state index contributed by atoms with van der Waals surface area (Å²) in [4.78, 5) is 7.48. The van der Waals surface area contributed by atoms with Gasteiger partial charge in [-0.2, -0.15) is 0 Å². The van der Waals surface area contributed by atoms with E-state index in [1.54, 1.807) is 6.20 Å². The molecular weight excluding hydrogens is 355 g/mol. The van der Waals surface area contributed by atoms with E-state index in [-0.39, 0.29) is 4.83 Å². The zero-order valence-electron chi connectivity index (χ0n) is 8.25. The van der Waals surface area contributed by atoms with Gasteiger partial charge in [0.15, 0.2) is 0 Å². The van der Waals surface area contributed by atoms with Gasteiger partial charge in [0, 0.05) is 33.1 Å². The molecule has 0 fully saturated rings. The molecule has 1 heterocycles. The molecule has 2 rings (SSSR count). The Kier molecular flexibility index (Phi) is 4.05. The van der Waals surface area contributed by atoms with Crippen molar-refractivity contribution in [3.8, 4) is 0 Å². The summed E-state index contributed by atoms with van der Waals surface area (Å²) in [6, 6.07) is 5.88. The molecule has 84 valence electrons. The van der Waals surface area contributed by atoms with Gasteiger partial charge in [-0.05, 0) is 23.8 Å². The first-order chi connectivity index (χ1) is 7.65. The Labute approximate surface area is 116 Å². The summed E-state index contributed by atoms with van der Waals surface area (Å²) >= 11 is 13.1. The van der Waals surface area contributed by atoms with E-state index in [1.165, 1.54) is 0 Å². The lowest BCUT2D eigenvalue weighted by atomic mass is 10.1. The summed E-state index contributed by atoms with van der Waals surface area (Å²) in [5.41, 5.74) is 1.13. The van der Waals surface area contributed by atoms with Gasteiger partial charge in [0.2, 0.25) is 0 Å². The van der Waals surface area contributed by atoms with E-state index in [9.17, 15) is 0 Å². The molecule has 16 heavy (non-hydrogen) atoms. The fourth-order valence-corrected chi connectivity index (χ4v) is 2.91. The second kappa shape index (κ2) is 5.34. The summed E-state index contributed by atoms with van der Waals surface area (Å²) < 4.78 is 0.985. The minimum Gasteiger partial charge on any atom is -0.349 e. The summed E-state index contributed by atoms with van der Waals surface area (Å²) in [5, 5.41) is 0.730. The maximum Gasteiger partial charge on any atom is 0.107 e. The molecule has 0 spiro atoms. The van der Waals surface area contributed by atoms with E-state index in [4.69, 9.17) is 11.6 Å². The lowest BCUT2D eigenvalue weighted by Crippen LogP contribution is -1.97. The molecule has 0 radical (unpaired) electrons. The molecular formula is C11H9Br2ClN2. The largest absolute Gasteiger partial charge is 0.349 e. The van der Waals surface area contributed by atoms with Gasteiger partial charge in [0.1, 0.15) is 5.82 Å². The van der Waals surface area contributed by atoms with Gasteiger partial charge in [-0.1, -0.05) is 43.5 Å². The Morgan fingerprint density at radius 1 is 1.38 bits per heavy atom. The van der Waals surface area contributed by atoms with Gasteiger partial charge < -0.3 is 4.98 Å². The van der Waals surface area contributed by atoms with E-state index in [2.05, 4.69) is 41.8 Å². The van der Waals surface area contributed by atoms with Crippen LogP contribution in [0.25, 0.3) is 0 Å². The van der Waals surface area contributed by atoms with Gasteiger partial charge in [-0.15, -0.1) is 0 Å². The number of nitrogens with zero attached hydrogens (tertiary/aromatic N) is 1. The highest BCUT2D eigenvalue weighted by Gasteiger charge is 2.11. The molecule has 1 aromatic heterocycles. The number of H-pyrrole nitrogens is 1. The van der Waals surface area contributed by atoms with Gasteiger partial charge in [0.05, 0.1) is 0 Å². The van der Waals surface area contributed by atoms with E-state index in [1.807, 2.05) is 24.4 Å². The zero-order chi connectivity index (χ0) is 11.5. The van der Waals surface area contributed by atoms with Gasteiger partial charge >= 0.3 is 0 Å². The minimum absolute atomic E-state index is 0.202. The number of aromatic amines is 1. The Bertz CT molecular complexity index is 451. The molecule has 0 saturated heterocycles. The number of aromatic nitrogens is 2. The Morgan fingerprint density at radius 3 is 2.81 bits per heavy atom. The van der Waals surface area contributed by atoms with Gasteiger partial charge in [0.25, 0.3) is 0 Å². The molecule has 1 unspecified atom stereocenters. The second-order valence-corrected chi connectivity index (χ2v) is 5.87. The summed E-state index contributed by atoms with van der Waals surface area (Å²) in [6.07, 6.45) is 4.38. The molecule has 1 atom stereocenters. The topological polar surface area (TPSA) is 28.7 Å². The van der Waals surface area contributed by atoms with E-state index in [0.29, 0.717) is 0 Å². The van der Waals surface area contributed by atoms with E-state index >= 15 is 0 Å². The number of benzene rings is 1. The fourth-order valence-electron chi connectivity index (χ4n) is 1.45. The van der Waals surface area contributed by atoms with Crippen molar-refractivity contribution in [2.45, 2.75) is 11.2 Å².